The second kappa shape index (κ2) is 4.75. The average Bonchev–Trinajstić information content (AvgIpc) is 2.31. The molecule has 17 heavy (non-hydrogen) atoms. The normalized spacial score (nSPS) is 17.9. The van der Waals surface area contributed by atoms with Crippen molar-refractivity contribution >= 4 is 6.29 Å². The molecule has 1 aromatic rings. The molecule has 1 heterocycles. The zero-order valence-electron chi connectivity index (χ0n) is 10.3. The number of ether oxygens (including phenoxy) is 2. The molecule has 0 saturated heterocycles. The summed E-state index contributed by atoms with van der Waals surface area (Å²) in [5.41, 5.74) is 2.50. The summed E-state index contributed by atoms with van der Waals surface area (Å²) >= 11 is 0. The lowest BCUT2D eigenvalue weighted by Crippen LogP contribution is -2.13. The van der Waals surface area contributed by atoms with Crippen LogP contribution in [0.1, 0.15) is 28.0 Å². The van der Waals surface area contributed by atoms with Gasteiger partial charge in [-0.1, -0.05) is 0 Å². The first-order valence-electron chi connectivity index (χ1n) is 5.59. The summed E-state index contributed by atoms with van der Waals surface area (Å²) in [5.74, 6) is 0.881. The van der Waals surface area contributed by atoms with Crippen molar-refractivity contribution in [2.45, 2.75) is 26.4 Å². The number of phenolic OH excluding ortho intramolecular Hbond substituents is 1. The van der Waals surface area contributed by atoms with Crippen molar-refractivity contribution in [3.05, 3.63) is 22.8 Å². The highest BCUT2D eigenvalue weighted by molar-refractivity contribution is 5.84. The Balaban J connectivity index is 2.41. The summed E-state index contributed by atoms with van der Waals surface area (Å²) in [6.07, 6.45) is 2.51. The summed E-state index contributed by atoms with van der Waals surface area (Å²) < 4.78 is 15.7. The predicted octanol–water partition coefficient (Wildman–Crippen LogP) is 1.98. The number of phenols is 1. The minimum absolute atomic E-state index is 0.125. The number of aromatic hydroxyl groups is 1. The molecular formula is C13H17O4+. The molecule has 1 aliphatic heterocycles. The molecule has 0 amide bonds. The smallest absolute Gasteiger partial charge is 0.320 e. The van der Waals surface area contributed by atoms with Gasteiger partial charge in [-0.05, 0) is 18.6 Å². The molecule has 2 rings (SSSR count). The topological polar surface area (TPSA) is 50.0 Å². The van der Waals surface area contributed by atoms with Crippen LogP contribution < -0.4 is 4.74 Å². The summed E-state index contributed by atoms with van der Waals surface area (Å²) in [7, 11) is 1.57. The highest BCUT2D eigenvalue weighted by Crippen LogP contribution is 2.34. The van der Waals surface area contributed by atoms with Gasteiger partial charge in [0.05, 0.1) is 6.42 Å². The maximum atomic E-state index is 10.1. The zero-order chi connectivity index (χ0) is 12.4. The van der Waals surface area contributed by atoms with E-state index in [4.69, 9.17) is 13.9 Å². The third kappa shape index (κ3) is 2.26. The van der Waals surface area contributed by atoms with E-state index in [-0.39, 0.29) is 18.6 Å². The van der Waals surface area contributed by atoms with E-state index in [0.717, 1.165) is 17.5 Å². The summed E-state index contributed by atoms with van der Waals surface area (Å²) in [6.45, 7) is 3.98. The van der Waals surface area contributed by atoms with E-state index in [0.29, 0.717) is 11.3 Å². The maximum Gasteiger partial charge on any atom is 0.320 e. The van der Waals surface area contributed by atoms with Gasteiger partial charge in [0.2, 0.25) is 0 Å². The molecule has 0 fully saturated rings. The number of aldehydes is 1. The number of benzene rings is 1. The Hall–Kier alpha value is -1.55. The fraction of sp³-hybridized carbons (Fsp3) is 0.462. The van der Waals surface area contributed by atoms with Crippen LogP contribution in [0.25, 0.3) is 0 Å². The van der Waals surface area contributed by atoms with Crippen LogP contribution in [0.3, 0.4) is 0 Å². The first-order valence-corrected chi connectivity index (χ1v) is 5.59. The molecule has 0 bridgehead atoms. The highest BCUT2D eigenvalue weighted by Gasteiger charge is 2.26. The highest BCUT2D eigenvalue weighted by atomic mass is 16.7. The van der Waals surface area contributed by atoms with E-state index in [9.17, 15) is 5.11 Å². The first-order chi connectivity index (χ1) is 8.13. The Morgan fingerprint density at radius 1 is 1.53 bits per heavy atom. The van der Waals surface area contributed by atoms with Gasteiger partial charge in [-0.25, -0.2) is 0 Å². The molecule has 1 aliphatic rings. The van der Waals surface area contributed by atoms with E-state index < -0.39 is 0 Å². The monoisotopic (exact) mass is 237 g/mol. The van der Waals surface area contributed by atoms with Gasteiger partial charge in [0.25, 0.3) is 6.10 Å². The van der Waals surface area contributed by atoms with Crippen molar-refractivity contribution in [3.63, 3.8) is 0 Å². The minimum Gasteiger partial charge on any atom is -0.507 e. The minimum atomic E-state index is 0.125. The van der Waals surface area contributed by atoms with Crippen LogP contribution in [-0.4, -0.2) is 31.4 Å². The number of fused-ring (bicyclic) bond motifs is 1. The van der Waals surface area contributed by atoms with Crippen LogP contribution in [0.5, 0.6) is 11.5 Å². The molecule has 4 heteroatoms. The Labute approximate surface area is 100 Å². The molecule has 0 aliphatic carbocycles. The van der Waals surface area contributed by atoms with Gasteiger partial charge < -0.3 is 14.6 Å². The van der Waals surface area contributed by atoms with Crippen LogP contribution in [0.15, 0.2) is 6.07 Å². The average molecular weight is 237 g/mol. The van der Waals surface area contributed by atoms with Crippen molar-refractivity contribution in [3.8, 4) is 11.5 Å². The van der Waals surface area contributed by atoms with Crippen molar-refractivity contribution in [2.24, 2.45) is 0 Å². The molecule has 0 saturated carbocycles. The molecule has 4 nitrogen and oxygen atoms in total. The largest absolute Gasteiger partial charge is 0.507 e. The summed E-state index contributed by atoms with van der Waals surface area (Å²) in [4.78, 5) is 0. The molecule has 0 spiro atoms. The lowest BCUT2D eigenvalue weighted by Gasteiger charge is -2.15. The van der Waals surface area contributed by atoms with Crippen molar-refractivity contribution in [1.29, 1.82) is 0 Å². The number of carbonyl (C=O) groups excluding carboxylic acids is 1. The Morgan fingerprint density at radius 3 is 3.00 bits per heavy atom. The van der Waals surface area contributed by atoms with Gasteiger partial charge in [0, 0.05) is 19.6 Å². The molecule has 0 radical (unpaired) electrons. The van der Waals surface area contributed by atoms with Gasteiger partial charge in [-0.15, -0.1) is 0 Å². The molecular weight excluding hydrogens is 220 g/mol. The number of hydrogen-bond donors (Lipinski definition) is 1. The second-order valence-electron chi connectivity index (χ2n) is 4.24. The lowest BCUT2D eigenvalue weighted by molar-refractivity contribution is -0.316. The van der Waals surface area contributed by atoms with Crippen LogP contribution in [-0.2, 0) is 11.2 Å². The van der Waals surface area contributed by atoms with E-state index in [1.54, 1.807) is 13.4 Å². The summed E-state index contributed by atoms with van der Waals surface area (Å²) in [6, 6.07) is 1.94. The fourth-order valence-electron chi connectivity index (χ4n) is 1.93. The Kier molecular flexibility index (Phi) is 3.33. The third-order valence-corrected chi connectivity index (χ3v) is 2.89. The third-order valence-electron chi connectivity index (χ3n) is 2.89. The van der Waals surface area contributed by atoms with Crippen molar-refractivity contribution in [2.75, 3.05) is 13.9 Å². The molecule has 1 unspecified atom stereocenters. The van der Waals surface area contributed by atoms with Gasteiger partial charge in [-0.3, -0.25) is 4.42 Å². The number of methoxy groups -OCH3 is 1. The fourth-order valence-corrected chi connectivity index (χ4v) is 1.93. The van der Waals surface area contributed by atoms with E-state index >= 15 is 0 Å². The van der Waals surface area contributed by atoms with Gasteiger partial charge in [-0.2, -0.15) is 0 Å². The van der Waals surface area contributed by atoms with Crippen LogP contribution in [0.4, 0.5) is 0 Å². The standard InChI is InChI=1S/C13H16O4/c1-8-4-10-5-12(17-7-15-3)9(2)13(14)11(10)6-16-8/h5-6,8H,4,7H2,1-3H3/p+1. The maximum absolute atomic E-state index is 10.1. The number of hydrogen-bond acceptors (Lipinski definition) is 3. The van der Waals surface area contributed by atoms with E-state index in [2.05, 4.69) is 0 Å². The number of rotatable bonds is 3. The molecule has 1 aromatic carbocycles. The quantitative estimate of drug-likeness (QED) is 0.497. The van der Waals surface area contributed by atoms with Crippen LogP contribution in [0.2, 0.25) is 0 Å². The van der Waals surface area contributed by atoms with Gasteiger partial charge in [0.15, 0.2) is 6.79 Å². The van der Waals surface area contributed by atoms with Gasteiger partial charge in [0.1, 0.15) is 17.1 Å². The molecule has 92 valence electrons. The molecule has 1 N–H and O–H groups in total. The van der Waals surface area contributed by atoms with E-state index in [1.165, 1.54) is 0 Å². The SMILES string of the molecule is COCOc1cc2c(c(O)c1C)C=[O+]C(C)C2. The van der Waals surface area contributed by atoms with E-state index in [1.807, 2.05) is 19.9 Å². The lowest BCUT2D eigenvalue weighted by atomic mass is 9.97. The van der Waals surface area contributed by atoms with Crippen molar-refractivity contribution in [1.82, 2.24) is 0 Å². The Bertz CT molecular complexity index is 451. The molecule has 0 aromatic heterocycles. The van der Waals surface area contributed by atoms with Gasteiger partial charge >= 0.3 is 6.29 Å². The zero-order valence-corrected chi connectivity index (χ0v) is 10.3. The summed E-state index contributed by atoms with van der Waals surface area (Å²) in [5, 5.41) is 10.1. The molecule has 1 atom stereocenters. The first kappa shape index (κ1) is 11.9. The van der Waals surface area contributed by atoms with Crippen LogP contribution >= 0.6 is 0 Å². The second-order valence-corrected chi connectivity index (χ2v) is 4.24. The Morgan fingerprint density at radius 2 is 2.29 bits per heavy atom. The van der Waals surface area contributed by atoms with Crippen LogP contribution in [0, 0.1) is 6.92 Å². The predicted molar refractivity (Wildman–Crippen MR) is 63.9 cm³/mol. The van der Waals surface area contributed by atoms with Crippen molar-refractivity contribution < 1.29 is 19.0 Å².